The summed E-state index contributed by atoms with van der Waals surface area (Å²) < 4.78 is 39.0. The van der Waals surface area contributed by atoms with Gasteiger partial charge >= 0.3 is 6.18 Å². The number of hydrazine groups is 1. The zero-order valence-corrected chi connectivity index (χ0v) is 9.23. The molecule has 3 N–H and O–H groups in total. The molecular formula is C9H9F3N6. The molecule has 0 bridgehead atoms. The summed E-state index contributed by atoms with van der Waals surface area (Å²) in [6, 6.07) is 1.27. The van der Waals surface area contributed by atoms with Gasteiger partial charge in [-0.3, -0.25) is 0 Å². The Morgan fingerprint density at radius 3 is 2.56 bits per heavy atom. The Kier molecular flexibility index (Phi) is 2.91. The third-order valence-corrected chi connectivity index (χ3v) is 2.06. The van der Waals surface area contributed by atoms with Crippen LogP contribution in [-0.2, 0) is 6.18 Å². The molecule has 0 amide bonds. The largest absolute Gasteiger partial charge is 0.451 e. The Labute approximate surface area is 99.6 Å². The maximum Gasteiger partial charge on any atom is 0.451 e. The number of nitrogens with two attached hydrogens (primary N) is 1. The van der Waals surface area contributed by atoms with Crippen LogP contribution in [0.15, 0.2) is 18.5 Å². The number of nitrogens with zero attached hydrogens (tertiary/aromatic N) is 4. The van der Waals surface area contributed by atoms with Gasteiger partial charge < -0.3 is 5.43 Å². The molecule has 0 saturated heterocycles. The van der Waals surface area contributed by atoms with E-state index in [0.717, 1.165) is 5.56 Å². The highest BCUT2D eigenvalue weighted by molar-refractivity contribution is 5.40. The van der Waals surface area contributed by atoms with E-state index in [1.165, 1.54) is 16.9 Å². The van der Waals surface area contributed by atoms with Gasteiger partial charge in [0.05, 0.1) is 6.20 Å². The average molecular weight is 258 g/mol. The van der Waals surface area contributed by atoms with Gasteiger partial charge in [0.25, 0.3) is 0 Å². The van der Waals surface area contributed by atoms with Crippen LogP contribution in [0.25, 0.3) is 5.82 Å². The number of aryl methyl sites for hydroxylation is 1. The summed E-state index contributed by atoms with van der Waals surface area (Å²) in [5, 5.41) is 3.88. The summed E-state index contributed by atoms with van der Waals surface area (Å²) in [7, 11) is 0. The monoisotopic (exact) mass is 258 g/mol. The van der Waals surface area contributed by atoms with E-state index in [1.54, 1.807) is 13.1 Å². The quantitative estimate of drug-likeness (QED) is 0.626. The summed E-state index contributed by atoms with van der Waals surface area (Å²) >= 11 is 0. The van der Waals surface area contributed by atoms with Gasteiger partial charge in [0, 0.05) is 12.3 Å². The molecule has 2 aromatic heterocycles. The lowest BCUT2D eigenvalue weighted by molar-refractivity contribution is -0.144. The second-order valence-corrected chi connectivity index (χ2v) is 3.54. The van der Waals surface area contributed by atoms with Gasteiger partial charge in [0.2, 0.25) is 5.82 Å². The van der Waals surface area contributed by atoms with Crippen LogP contribution in [0.4, 0.5) is 19.0 Å². The minimum Gasteiger partial charge on any atom is -0.308 e. The Bertz CT molecular complexity index is 562. The molecule has 0 aliphatic heterocycles. The number of nitrogens with one attached hydrogen (secondary N) is 1. The number of hydrogen-bond acceptors (Lipinski definition) is 5. The fraction of sp³-hybridized carbons (Fsp3) is 0.222. The van der Waals surface area contributed by atoms with Gasteiger partial charge in [0.1, 0.15) is 5.82 Å². The highest BCUT2D eigenvalue weighted by Crippen LogP contribution is 2.27. The van der Waals surface area contributed by atoms with Crippen LogP contribution in [-0.4, -0.2) is 19.7 Å². The summed E-state index contributed by atoms with van der Waals surface area (Å²) in [6.45, 7) is 1.76. The van der Waals surface area contributed by atoms with Crippen LogP contribution in [0.3, 0.4) is 0 Å². The van der Waals surface area contributed by atoms with E-state index in [1.807, 2.05) is 0 Å². The van der Waals surface area contributed by atoms with E-state index in [4.69, 9.17) is 5.84 Å². The van der Waals surface area contributed by atoms with Gasteiger partial charge in [0.15, 0.2) is 5.82 Å². The molecule has 0 unspecified atom stereocenters. The number of anilines is 1. The molecule has 0 saturated carbocycles. The van der Waals surface area contributed by atoms with Crippen LogP contribution in [0.1, 0.15) is 11.4 Å². The summed E-state index contributed by atoms with van der Waals surface area (Å²) in [5.41, 5.74) is 2.86. The van der Waals surface area contributed by atoms with Crippen molar-refractivity contribution in [1.29, 1.82) is 0 Å². The zero-order chi connectivity index (χ0) is 13.3. The van der Waals surface area contributed by atoms with Crippen molar-refractivity contribution in [1.82, 2.24) is 19.7 Å². The number of aromatic nitrogens is 4. The van der Waals surface area contributed by atoms with Crippen molar-refractivity contribution in [2.45, 2.75) is 13.1 Å². The molecule has 96 valence electrons. The van der Waals surface area contributed by atoms with Crippen LogP contribution in [0.2, 0.25) is 0 Å². The first-order chi connectivity index (χ1) is 8.40. The molecule has 9 heteroatoms. The van der Waals surface area contributed by atoms with Crippen molar-refractivity contribution in [2.75, 3.05) is 5.43 Å². The predicted octanol–water partition coefficient (Wildman–Crippen LogP) is 1.28. The van der Waals surface area contributed by atoms with Crippen molar-refractivity contribution in [3.8, 4) is 5.82 Å². The summed E-state index contributed by atoms with van der Waals surface area (Å²) in [5.74, 6) is 3.65. The Hall–Kier alpha value is -2.16. The molecule has 2 heterocycles. The minimum atomic E-state index is -4.65. The molecule has 2 rings (SSSR count). The summed E-state index contributed by atoms with van der Waals surface area (Å²) in [4.78, 5) is 6.65. The fourth-order valence-electron chi connectivity index (χ4n) is 1.29. The molecular weight excluding hydrogens is 249 g/mol. The number of hydrogen-bond donors (Lipinski definition) is 2. The van der Waals surface area contributed by atoms with E-state index in [0.29, 0.717) is 0 Å². The van der Waals surface area contributed by atoms with Crippen molar-refractivity contribution in [2.24, 2.45) is 5.84 Å². The van der Waals surface area contributed by atoms with E-state index >= 15 is 0 Å². The SMILES string of the molecule is Cc1cnn(-c2cc(NN)nc(C(F)(F)F)n2)c1. The molecule has 0 aromatic carbocycles. The van der Waals surface area contributed by atoms with Crippen molar-refractivity contribution < 1.29 is 13.2 Å². The summed E-state index contributed by atoms with van der Waals surface area (Å²) in [6.07, 6.45) is -1.60. The lowest BCUT2D eigenvalue weighted by Crippen LogP contribution is -2.17. The van der Waals surface area contributed by atoms with E-state index in [2.05, 4.69) is 20.5 Å². The van der Waals surface area contributed by atoms with E-state index in [9.17, 15) is 13.2 Å². The van der Waals surface area contributed by atoms with Gasteiger partial charge in [-0.25, -0.2) is 20.5 Å². The molecule has 0 spiro atoms. The smallest absolute Gasteiger partial charge is 0.308 e. The fourth-order valence-corrected chi connectivity index (χ4v) is 1.29. The van der Waals surface area contributed by atoms with Crippen LogP contribution in [0.5, 0.6) is 0 Å². The molecule has 0 radical (unpaired) electrons. The third-order valence-electron chi connectivity index (χ3n) is 2.06. The number of nitrogen functional groups attached to an aromatic ring is 1. The maximum atomic E-state index is 12.6. The number of halogens is 3. The highest BCUT2D eigenvalue weighted by Gasteiger charge is 2.35. The Morgan fingerprint density at radius 2 is 2.06 bits per heavy atom. The van der Waals surface area contributed by atoms with Gasteiger partial charge in [-0.15, -0.1) is 0 Å². The normalized spacial score (nSPS) is 11.6. The zero-order valence-electron chi connectivity index (χ0n) is 9.23. The van der Waals surface area contributed by atoms with Gasteiger partial charge in [-0.2, -0.15) is 18.3 Å². The average Bonchev–Trinajstić information content (AvgIpc) is 2.74. The molecule has 0 aliphatic rings. The number of rotatable bonds is 2. The molecule has 2 aromatic rings. The van der Waals surface area contributed by atoms with Crippen LogP contribution in [0, 0.1) is 6.92 Å². The predicted molar refractivity (Wildman–Crippen MR) is 56.7 cm³/mol. The first kappa shape index (κ1) is 12.3. The van der Waals surface area contributed by atoms with Crippen LogP contribution >= 0.6 is 0 Å². The van der Waals surface area contributed by atoms with Gasteiger partial charge in [-0.05, 0) is 12.5 Å². The van der Waals surface area contributed by atoms with E-state index in [-0.39, 0.29) is 11.6 Å². The lowest BCUT2D eigenvalue weighted by Gasteiger charge is -2.09. The molecule has 0 atom stereocenters. The highest BCUT2D eigenvalue weighted by atomic mass is 19.4. The standard InChI is InChI=1S/C9H9F3N6/c1-5-3-14-18(4-5)7-2-6(17-13)15-8(16-7)9(10,11)12/h2-4H,13H2,1H3,(H,15,16,17). The second-order valence-electron chi connectivity index (χ2n) is 3.54. The maximum absolute atomic E-state index is 12.6. The van der Waals surface area contributed by atoms with Crippen molar-refractivity contribution in [3.63, 3.8) is 0 Å². The third kappa shape index (κ3) is 2.40. The second kappa shape index (κ2) is 4.26. The lowest BCUT2D eigenvalue weighted by atomic mass is 10.4. The molecule has 6 nitrogen and oxygen atoms in total. The Balaban J connectivity index is 2.54. The van der Waals surface area contributed by atoms with Gasteiger partial charge in [-0.1, -0.05) is 0 Å². The Morgan fingerprint density at radius 1 is 1.33 bits per heavy atom. The molecule has 18 heavy (non-hydrogen) atoms. The molecule has 0 aliphatic carbocycles. The number of alkyl halides is 3. The van der Waals surface area contributed by atoms with Crippen LogP contribution < -0.4 is 11.3 Å². The first-order valence-corrected chi connectivity index (χ1v) is 4.84. The molecule has 0 fully saturated rings. The first-order valence-electron chi connectivity index (χ1n) is 4.84. The van der Waals surface area contributed by atoms with E-state index < -0.39 is 12.0 Å². The van der Waals surface area contributed by atoms with Crippen molar-refractivity contribution in [3.05, 3.63) is 29.8 Å². The van der Waals surface area contributed by atoms with Crippen molar-refractivity contribution >= 4 is 5.82 Å². The topological polar surface area (TPSA) is 81.7 Å². The minimum absolute atomic E-state index is 0.0154.